The number of rotatable bonds is 6. The van der Waals surface area contributed by atoms with Gasteiger partial charge >= 0.3 is 5.97 Å². The molecule has 0 bridgehead atoms. The first-order valence-electron chi connectivity index (χ1n) is 7.50. The zero-order valence-electron chi connectivity index (χ0n) is 13.4. The van der Waals surface area contributed by atoms with Crippen LogP contribution in [0, 0.1) is 0 Å². The van der Waals surface area contributed by atoms with Crippen LogP contribution in [0.2, 0.25) is 5.02 Å². The molecule has 2 rings (SSSR count). The zero-order valence-corrected chi connectivity index (χ0v) is 14.2. The van der Waals surface area contributed by atoms with Gasteiger partial charge in [0.15, 0.2) is 6.10 Å². The highest BCUT2D eigenvalue weighted by Gasteiger charge is 2.18. The van der Waals surface area contributed by atoms with Gasteiger partial charge < -0.3 is 14.8 Å². The number of esters is 1. The highest BCUT2D eigenvalue weighted by Crippen LogP contribution is 2.19. The molecule has 2 aromatic carbocycles. The summed E-state index contributed by atoms with van der Waals surface area (Å²) in [6, 6.07) is 13.4. The Morgan fingerprint density at radius 3 is 2.46 bits per heavy atom. The van der Waals surface area contributed by atoms with Crippen LogP contribution in [0.4, 0.5) is 5.69 Å². The Balaban J connectivity index is 2.06. The summed E-state index contributed by atoms with van der Waals surface area (Å²) >= 11 is 5.81. The van der Waals surface area contributed by atoms with Gasteiger partial charge in [-0.05, 0) is 50.2 Å². The first-order chi connectivity index (χ1) is 11.5. The van der Waals surface area contributed by atoms with Crippen LogP contribution >= 0.6 is 11.6 Å². The lowest BCUT2D eigenvalue weighted by Gasteiger charge is -2.16. The first-order valence-corrected chi connectivity index (χ1v) is 7.88. The molecule has 1 N–H and O–H groups in total. The fourth-order valence-electron chi connectivity index (χ4n) is 1.98. The molecule has 0 aliphatic carbocycles. The van der Waals surface area contributed by atoms with Crippen molar-refractivity contribution in [3.63, 3.8) is 0 Å². The van der Waals surface area contributed by atoms with E-state index >= 15 is 0 Å². The Labute approximate surface area is 145 Å². The van der Waals surface area contributed by atoms with E-state index in [1.807, 2.05) is 0 Å². The Hall–Kier alpha value is -2.53. The smallest absolute Gasteiger partial charge is 0.340 e. The number of benzene rings is 2. The summed E-state index contributed by atoms with van der Waals surface area (Å²) in [5, 5.41) is 3.28. The maximum absolute atomic E-state index is 12.3. The Kier molecular flexibility index (Phi) is 6.21. The van der Waals surface area contributed by atoms with E-state index in [-0.39, 0.29) is 12.5 Å². The first kappa shape index (κ1) is 17.8. The van der Waals surface area contributed by atoms with Crippen LogP contribution in [0.5, 0.6) is 5.75 Å². The van der Waals surface area contributed by atoms with Crippen LogP contribution in [0.25, 0.3) is 0 Å². The van der Waals surface area contributed by atoms with E-state index in [0.717, 1.165) is 0 Å². The van der Waals surface area contributed by atoms with Gasteiger partial charge in [-0.15, -0.1) is 0 Å². The van der Waals surface area contributed by atoms with Crippen LogP contribution in [0.1, 0.15) is 24.2 Å². The maximum Gasteiger partial charge on any atom is 0.340 e. The molecule has 24 heavy (non-hydrogen) atoms. The van der Waals surface area contributed by atoms with Crippen LogP contribution in [0.3, 0.4) is 0 Å². The highest BCUT2D eigenvalue weighted by atomic mass is 35.5. The van der Waals surface area contributed by atoms with Gasteiger partial charge in [0.1, 0.15) is 5.75 Å². The van der Waals surface area contributed by atoms with Gasteiger partial charge in [0.05, 0.1) is 17.9 Å². The molecule has 0 aliphatic rings. The third-order valence-corrected chi connectivity index (χ3v) is 3.43. The second-order valence-electron chi connectivity index (χ2n) is 4.97. The standard InChI is InChI=1S/C18H18ClNO4/c1-3-23-18(22)15-6-4-5-7-16(15)20-17(21)12(2)24-14-10-8-13(19)9-11-14/h4-12H,3H2,1-2H3,(H,20,21). The van der Waals surface area contributed by atoms with Gasteiger partial charge in [-0.1, -0.05) is 23.7 Å². The van der Waals surface area contributed by atoms with Gasteiger partial charge in [-0.3, -0.25) is 4.79 Å². The molecule has 1 amide bonds. The molecule has 0 fully saturated rings. The molecule has 1 atom stereocenters. The van der Waals surface area contributed by atoms with Crippen molar-refractivity contribution in [2.75, 3.05) is 11.9 Å². The maximum atomic E-state index is 12.3. The van der Waals surface area contributed by atoms with Gasteiger partial charge in [0.25, 0.3) is 5.91 Å². The summed E-state index contributed by atoms with van der Waals surface area (Å²) in [5.41, 5.74) is 0.680. The van der Waals surface area contributed by atoms with Crippen molar-refractivity contribution in [1.82, 2.24) is 0 Å². The quantitative estimate of drug-likeness (QED) is 0.804. The van der Waals surface area contributed by atoms with E-state index in [0.29, 0.717) is 22.0 Å². The molecular weight excluding hydrogens is 330 g/mol. The van der Waals surface area contributed by atoms with Crippen molar-refractivity contribution in [3.05, 3.63) is 59.1 Å². The van der Waals surface area contributed by atoms with E-state index < -0.39 is 12.1 Å². The average molecular weight is 348 g/mol. The van der Waals surface area contributed by atoms with E-state index in [9.17, 15) is 9.59 Å². The van der Waals surface area contributed by atoms with Crippen LogP contribution in [0.15, 0.2) is 48.5 Å². The van der Waals surface area contributed by atoms with Crippen molar-refractivity contribution in [2.24, 2.45) is 0 Å². The normalized spacial score (nSPS) is 11.5. The Bertz CT molecular complexity index is 715. The third-order valence-electron chi connectivity index (χ3n) is 3.18. The molecule has 0 spiro atoms. The number of anilines is 1. The molecule has 0 heterocycles. The summed E-state index contributed by atoms with van der Waals surface area (Å²) in [4.78, 5) is 24.2. The van der Waals surface area contributed by atoms with Gasteiger partial charge in [0.2, 0.25) is 0 Å². The minimum atomic E-state index is -0.749. The van der Waals surface area contributed by atoms with Crippen molar-refractivity contribution >= 4 is 29.2 Å². The van der Waals surface area contributed by atoms with Crippen molar-refractivity contribution in [2.45, 2.75) is 20.0 Å². The number of ether oxygens (including phenoxy) is 2. The number of hydrogen-bond donors (Lipinski definition) is 1. The summed E-state index contributed by atoms with van der Waals surface area (Å²) < 4.78 is 10.5. The molecular formula is C18H18ClNO4. The molecule has 6 heteroatoms. The molecule has 1 unspecified atom stereocenters. The number of nitrogens with one attached hydrogen (secondary N) is 1. The Morgan fingerprint density at radius 1 is 1.12 bits per heavy atom. The van der Waals surface area contributed by atoms with Crippen molar-refractivity contribution in [1.29, 1.82) is 0 Å². The Morgan fingerprint density at radius 2 is 1.79 bits per heavy atom. The number of para-hydroxylation sites is 1. The minimum Gasteiger partial charge on any atom is -0.481 e. The minimum absolute atomic E-state index is 0.261. The topological polar surface area (TPSA) is 64.6 Å². The fraction of sp³-hybridized carbons (Fsp3) is 0.222. The van der Waals surface area contributed by atoms with Crippen molar-refractivity contribution in [3.8, 4) is 5.75 Å². The van der Waals surface area contributed by atoms with E-state index in [4.69, 9.17) is 21.1 Å². The number of halogens is 1. The summed E-state index contributed by atoms with van der Waals surface area (Å²) in [6.07, 6.45) is -0.749. The van der Waals surface area contributed by atoms with Gasteiger partial charge in [-0.25, -0.2) is 4.79 Å². The molecule has 126 valence electrons. The zero-order chi connectivity index (χ0) is 17.5. The predicted octanol–water partition coefficient (Wildman–Crippen LogP) is 3.92. The van der Waals surface area contributed by atoms with Crippen molar-refractivity contribution < 1.29 is 19.1 Å². The van der Waals surface area contributed by atoms with E-state index in [2.05, 4.69) is 5.32 Å². The van der Waals surface area contributed by atoms with E-state index in [1.54, 1.807) is 62.4 Å². The number of amides is 1. The molecule has 0 aliphatic heterocycles. The van der Waals surface area contributed by atoms with Crippen LogP contribution in [-0.2, 0) is 9.53 Å². The van der Waals surface area contributed by atoms with Gasteiger partial charge in [0, 0.05) is 5.02 Å². The lowest BCUT2D eigenvalue weighted by atomic mass is 10.1. The predicted molar refractivity (Wildman–Crippen MR) is 92.6 cm³/mol. The third kappa shape index (κ3) is 4.73. The van der Waals surface area contributed by atoms with E-state index in [1.165, 1.54) is 0 Å². The second kappa shape index (κ2) is 8.36. The lowest BCUT2D eigenvalue weighted by molar-refractivity contribution is -0.122. The molecule has 0 radical (unpaired) electrons. The highest BCUT2D eigenvalue weighted by molar-refractivity contribution is 6.30. The molecule has 0 saturated carbocycles. The largest absolute Gasteiger partial charge is 0.481 e. The summed E-state index contributed by atoms with van der Waals surface area (Å²) in [6.45, 7) is 3.61. The number of hydrogen-bond acceptors (Lipinski definition) is 4. The lowest BCUT2D eigenvalue weighted by Crippen LogP contribution is -2.30. The molecule has 2 aromatic rings. The number of carbonyl (C=O) groups is 2. The van der Waals surface area contributed by atoms with Gasteiger partial charge in [-0.2, -0.15) is 0 Å². The van der Waals surface area contributed by atoms with Crippen LogP contribution in [-0.4, -0.2) is 24.6 Å². The monoisotopic (exact) mass is 347 g/mol. The van der Waals surface area contributed by atoms with Crippen LogP contribution < -0.4 is 10.1 Å². The number of carbonyl (C=O) groups excluding carboxylic acids is 2. The SMILES string of the molecule is CCOC(=O)c1ccccc1NC(=O)C(C)Oc1ccc(Cl)cc1. The molecule has 0 aromatic heterocycles. The fourth-order valence-corrected chi connectivity index (χ4v) is 2.11. The molecule has 0 saturated heterocycles. The summed E-state index contributed by atoms with van der Waals surface area (Å²) in [7, 11) is 0. The summed E-state index contributed by atoms with van der Waals surface area (Å²) in [5.74, 6) is -0.331. The molecule has 5 nitrogen and oxygen atoms in total. The second-order valence-corrected chi connectivity index (χ2v) is 5.41. The average Bonchev–Trinajstić information content (AvgIpc) is 2.57.